The first kappa shape index (κ1) is 16.2. The first-order valence-corrected chi connectivity index (χ1v) is 8.83. The molecule has 0 radical (unpaired) electrons. The molecule has 20 heavy (non-hydrogen) atoms. The van der Waals surface area contributed by atoms with Crippen LogP contribution in [0.2, 0.25) is 5.02 Å². The normalized spacial score (nSPS) is 22.1. The van der Waals surface area contributed by atoms with Crippen molar-refractivity contribution in [3.63, 3.8) is 0 Å². The van der Waals surface area contributed by atoms with E-state index in [-0.39, 0.29) is 10.9 Å². The molecule has 0 aliphatic carbocycles. The summed E-state index contributed by atoms with van der Waals surface area (Å²) in [6.45, 7) is 2.09. The lowest BCUT2D eigenvalue weighted by Crippen LogP contribution is -2.56. The maximum atomic E-state index is 12.7. The van der Waals surface area contributed by atoms with Crippen LogP contribution >= 0.6 is 27.5 Å². The van der Waals surface area contributed by atoms with Crippen molar-refractivity contribution < 1.29 is 8.42 Å². The predicted octanol–water partition coefficient (Wildman–Crippen LogP) is 1.37. The van der Waals surface area contributed by atoms with Crippen LogP contribution in [0.3, 0.4) is 0 Å². The zero-order chi connectivity index (χ0) is 14.9. The molecule has 1 saturated heterocycles. The Labute approximate surface area is 132 Å². The number of nitrogens with zero attached hydrogens (tertiary/aromatic N) is 2. The molecule has 1 heterocycles. The summed E-state index contributed by atoms with van der Waals surface area (Å²) in [5.41, 5.74) is 5.72. The van der Waals surface area contributed by atoms with Crippen molar-refractivity contribution in [2.45, 2.75) is 10.9 Å². The van der Waals surface area contributed by atoms with E-state index in [9.17, 15) is 8.42 Å². The Kier molecular flexibility index (Phi) is 5.09. The van der Waals surface area contributed by atoms with Crippen LogP contribution in [0.15, 0.2) is 27.6 Å². The number of halogens is 2. The molecule has 0 aromatic heterocycles. The third-order valence-electron chi connectivity index (χ3n) is 3.40. The SMILES string of the molecule is CN1CCN(S(=O)(=O)c2ccc(Cl)c(Br)c2)C(CN)C1. The van der Waals surface area contributed by atoms with E-state index in [0.717, 1.165) is 0 Å². The third-order valence-corrected chi connectivity index (χ3v) is 6.56. The molecule has 112 valence electrons. The minimum absolute atomic E-state index is 0.201. The Hall–Kier alpha value is -0.180. The summed E-state index contributed by atoms with van der Waals surface area (Å²) in [4.78, 5) is 2.32. The zero-order valence-corrected chi connectivity index (χ0v) is 14.2. The molecular weight excluding hydrogens is 366 g/mol. The van der Waals surface area contributed by atoms with Crippen LogP contribution in [0.4, 0.5) is 0 Å². The molecule has 1 unspecified atom stereocenters. The minimum Gasteiger partial charge on any atom is -0.329 e. The van der Waals surface area contributed by atoms with E-state index in [0.29, 0.717) is 35.7 Å². The lowest BCUT2D eigenvalue weighted by molar-refractivity contribution is 0.164. The van der Waals surface area contributed by atoms with Gasteiger partial charge in [-0.3, -0.25) is 0 Å². The number of hydrogen-bond donors (Lipinski definition) is 1. The Morgan fingerprint density at radius 3 is 2.75 bits per heavy atom. The number of sulfonamides is 1. The monoisotopic (exact) mass is 381 g/mol. The van der Waals surface area contributed by atoms with Gasteiger partial charge in [0.2, 0.25) is 10.0 Å². The van der Waals surface area contributed by atoms with Crippen molar-refractivity contribution in [3.05, 3.63) is 27.7 Å². The summed E-state index contributed by atoms with van der Waals surface area (Å²) in [6, 6.07) is 4.43. The molecule has 0 saturated carbocycles. The number of rotatable bonds is 3. The van der Waals surface area contributed by atoms with Gasteiger partial charge < -0.3 is 10.6 Å². The summed E-state index contributed by atoms with van der Waals surface area (Å²) in [5, 5.41) is 0.484. The molecule has 1 atom stereocenters. The molecule has 1 aliphatic rings. The van der Waals surface area contributed by atoms with E-state index in [1.807, 2.05) is 7.05 Å². The molecule has 2 rings (SSSR count). The molecule has 1 fully saturated rings. The summed E-state index contributed by atoms with van der Waals surface area (Å²) in [7, 11) is -1.58. The van der Waals surface area contributed by atoms with E-state index in [4.69, 9.17) is 17.3 Å². The number of hydrogen-bond acceptors (Lipinski definition) is 4. The van der Waals surface area contributed by atoms with Crippen molar-refractivity contribution in [2.24, 2.45) is 5.73 Å². The summed E-state index contributed by atoms with van der Waals surface area (Å²) < 4.78 is 27.5. The average molecular weight is 383 g/mol. The van der Waals surface area contributed by atoms with E-state index in [1.54, 1.807) is 6.07 Å². The second kappa shape index (κ2) is 6.29. The van der Waals surface area contributed by atoms with Gasteiger partial charge in [0.25, 0.3) is 0 Å². The van der Waals surface area contributed by atoms with E-state index < -0.39 is 10.0 Å². The predicted molar refractivity (Wildman–Crippen MR) is 83.4 cm³/mol. The highest BCUT2D eigenvalue weighted by atomic mass is 79.9. The van der Waals surface area contributed by atoms with Crippen LogP contribution in [-0.4, -0.2) is 56.9 Å². The Morgan fingerprint density at radius 2 is 2.15 bits per heavy atom. The van der Waals surface area contributed by atoms with Crippen LogP contribution in [0.25, 0.3) is 0 Å². The maximum absolute atomic E-state index is 12.7. The Balaban J connectivity index is 2.35. The maximum Gasteiger partial charge on any atom is 0.243 e. The standard InChI is InChI=1S/C12H17BrClN3O2S/c1-16-4-5-17(9(7-15)8-16)20(18,19)10-2-3-12(14)11(13)6-10/h2-3,6,9H,4-5,7-8,15H2,1H3. The van der Waals surface area contributed by atoms with E-state index in [1.165, 1.54) is 16.4 Å². The number of piperazine rings is 1. The van der Waals surface area contributed by atoms with Gasteiger partial charge in [0, 0.05) is 30.7 Å². The van der Waals surface area contributed by atoms with Gasteiger partial charge in [-0.2, -0.15) is 4.31 Å². The third kappa shape index (κ3) is 3.18. The number of nitrogens with two attached hydrogens (primary N) is 1. The topological polar surface area (TPSA) is 66.6 Å². The molecule has 1 aromatic rings. The average Bonchev–Trinajstić information content (AvgIpc) is 2.41. The zero-order valence-electron chi connectivity index (χ0n) is 11.1. The lowest BCUT2D eigenvalue weighted by atomic mass is 10.2. The molecule has 5 nitrogen and oxygen atoms in total. The van der Waals surface area contributed by atoms with Crippen LogP contribution in [0.1, 0.15) is 0 Å². The molecule has 0 bridgehead atoms. The van der Waals surface area contributed by atoms with Gasteiger partial charge in [-0.25, -0.2) is 8.42 Å². The molecule has 1 aromatic carbocycles. The molecule has 0 amide bonds. The summed E-state index contributed by atoms with van der Waals surface area (Å²) in [6.07, 6.45) is 0. The minimum atomic E-state index is -3.55. The molecule has 1 aliphatic heterocycles. The molecule has 0 spiro atoms. The van der Waals surface area contributed by atoms with E-state index in [2.05, 4.69) is 20.8 Å². The molecule has 8 heteroatoms. The fourth-order valence-corrected chi connectivity index (χ4v) is 4.57. The quantitative estimate of drug-likeness (QED) is 0.857. The fraction of sp³-hybridized carbons (Fsp3) is 0.500. The van der Waals surface area contributed by atoms with Crippen molar-refractivity contribution in [1.82, 2.24) is 9.21 Å². The first-order valence-electron chi connectivity index (χ1n) is 6.21. The van der Waals surface area contributed by atoms with Gasteiger partial charge in [0.1, 0.15) is 0 Å². The number of benzene rings is 1. The lowest BCUT2D eigenvalue weighted by Gasteiger charge is -2.38. The fourth-order valence-electron chi connectivity index (χ4n) is 2.28. The van der Waals surface area contributed by atoms with Gasteiger partial charge in [-0.1, -0.05) is 11.6 Å². The van der Waals surface area contributed by atoms with Crippen LogP contribution in [0, 0.1) is 0 Å². The number of likely N-dealkylation sites (N-methyl/N-ethyl adjacent to an activating group) is 1. The second-order valence-corrected chi connectivity index (χ2v) is 8.00. The van der Waals surface area contributed by atoms with E-state index >= 15 is 0 Å². The van der Waals surface area contributed by atoms with Crippen LogP contribution in [0.5, 0.6) is 0 Å². The van der Waals surface area contributed by atoms with Gasteiger partial charge in [0.15, 0.2) is 0 Å². The van der Waals surface area contributed by atoms with Crippen molar-refractivity contribution in [1.29, 1.82) is 0 Å². The van der Waals surface area contributed by atoms with Crippen molar-refractivity contribution >= 4 is 37.6 Å². The van der Waals surface area contributed by atoms with Crippen molar-refractivity contribution in [2.75, 3.05) is 33.2 Å². The van der Waals surface area contributed by atoms with Gasteiger partial charge >= 0.3 is 0 Å². The van der Waals surface area contributed by atoms with Crippen LogP contribution in [-0.2, 0) is 10.0 Å². The largest absolute Gasteiger partial charge is 0.329 e. The van der Waals surface area contributed by atoms with Gasteiger partial charge in [-0.15, -0.1) is 0 Å². The summed E-state index contributed by atoms with van der Waals surface area (Å²) >= 11 is 9.17. The highest BCUT2D eigenvalue weighted by Gasteiger charge is 2.34. The van der Waals surface area contributed by atoms with Crippen LogP contribution < -0.4 is 5.73 Å². The molecular formula is C12H17BrClN3O2S. The van der Waals surface area contributed by atoms with Gasteiger partial charge in [-0.05, 0) is 41.2 Å². The van der Waals surface area contributed by atoms with Gasteiger partial charge in [0.05, 0.1) is 16.0 Å². The smallest absolute Gasteiger partial charge is 0.243 e. The summed E-state index contributed by atoms with van der Waals surface area (Å²) in [5.74, 6) is 0. The van der Waals surface area contributed by atoms with Crippen molar-refractivity contribution in [3.8, 4) is 0 Å². The Morgan fingerprint density at radius 1 is 1.45 bits per heavy atom. The highest BCUT2D eigenvalue weighted by Crippen LogP contribution is 2.28. The molecule has 2 N–H and O–H groups in total. The Bertz CT molecular complexity index is 596. The first-order chi connectivity index (χ1) is 9.36. The highest BCUT2D eigenvalue weighted by molar-refractivity contribution is 9.10. The second-order valence-electron chi connectivity index (χ2n) is 4.84.